The van der Waals surface area contributed by atoms with Gasteiger partial charge in [0.2, 0.25) is 0 Å². The molecule has 16 heavy (non-hydrogen) atoms. The first-order valence-corrected chi connectivity index (χ1v) is 6.66. The molecule has 0 aliphatic heterocycles. The normalized spacial score (nSPS) is 10.3. The van der Waals surface area contributed by atoms with Gasteiger partial charge in [-0.25, -0.2) is 5.06 Å². The SMILES string of the molecule is CON(C)C(=O)c1cc(Br)c(CBr)cc1Cl. The number of hydrogen-bond acceptors (Lipinski definition) is 2. The molecule has 0 bridgehead atoms. The molecule has 0 atom stereocenters. The summed E-state index contributed by atoms with van der Waals surface area (Å²) in [7, 11) is 2.96. The zero-order valence-electron chi connectivity index (χ0n) is 8.76. The molecule has 1 amide bonds. The molecule has 0 aromatic heterocycles. The minimum absolute atomic E-state index is 0.283. The first-order chi connectivity index (χ1) is 7.51. The number of halogens is 3. The summed E-state index contributed by atoms with van der Waals surface area (Å²) in [5, 5.41) is 2.20. The maximum absolute atomic E-state index is 11.8. The molecule has 0 saturated heterocycles. The van der Waals surface area contributed by atoms with Crippen molar-refractivity contribution in [2.45, 2.75) is 5.33 Å². The van der Waals surface area contributed by atoms with E-state index in [-0.39, 0.29) is 5.91 Å². The van der Waals surface area contributed by atoms with Crippen molar-refractivity contribution in [3.05, 3.63) is 32.8 Å². The molecule has 1 aromatic rings. The van der Waals surface area contributed by atoms with Crippen LogP contribution in [-0.2, 0) is 10.2 Å². The van der Waals surface area contributed by atoms with Crippen molar-refractivity contribution in [1.29, 1.82) is 0 Å². The molecule has 0 fully saturated rings. The zero-order valence-corrected chi connectivity index (χ0v) is 12.7. The smallest absolute Gasteiger partial charge is 0.274 e. The van der Waals surface area contributed by atoms with Crippen LogP contribution in [0.1, 0.15) is 15.9 Å². The van der Waals surface area contributed by atoms with Crippen LogP contribution in [0.4, 0.5) is 0 Å². The first-order valence-electron chi connectivity index (χ1n) is 4.37. The maximum Gasteiger partial charge on any atom is 0.278 e. The lowest BCUT2D eigenvalue weighted by Crippen LogP contribution is -2.25. The van der Waals surface area contributed by atoms with Gasteiger partial charge in [-0.2, -0.15) is 0 Å². The minimum Gasteiger partial charge on any atom is -0.274 e. The third-order valence-electron chi connectivity index (χ3n) is 2.07. The van der Waals surface area contributed by atoms with Crippen molar-refractivity contribution in [3.8, 4) is 0 Å². The van der Waals surface area contributed by atoms with Crippen molar-refractivity contribution >= 4 is 49.4 Å². The molecule has 0 aliphatic rings. The van der Waals surface area contributed by atoms with E-state index in [0.29, 0.717) is 15.9 Å². The topological polar surface area (TPSA) is 29.5 Å². The highest BCUT2D eigenvalue weighted by molar-refractivity contribution is 9.10. The Morgan fingerprint density at radius 3 is 2.69 bits per heavy atom. The summed E-state index contributed by atoms with van der Waals surface area (Å²) in [5.41, 5.74) is 1.39. The molecule has 0 radical (unpaired) electrons. The Hall–Kier alpha value is -0.100. The van der Waals surface area contributed by atoms with Gasteiger partial charge in [0, 0.05) is 16.9 Å². The lowest BCUT2D eigenvalue weighted by atomic mass is 10.1. The third-order valence-corrected chi connectivity index (χ3v) is 3.73. The van der Waals surface area contributed by atoms with Gasteiger partial charge >= 0.3 is 0 Å². The van der Waals surface area contributed by atoms with Crippen molar-refractivity contribution < 1.29 is 9.63 Å². The summed E-state index contributed by atoms with van der Waals surface area (Å²) in [5.74, 6) is -0.283. The zero-order chi connectivity index (χ0) is 12.3. The van der Waals surface area contributed by atoms with Gasteiger partial charge in [-0.15, -0.1) is 0 Å². The number of alkyl halides is 1. The van der Waals surface area contributed by atoms with Crippen LogP contribution in [0, 0.1) is 0 Å². The highest BCUT2D eigenvalue weighted by Gasteiger charge is 2.17. The third kappa shape index (κ3) is 2.97. The standard InChI is InChI=1S/C10H10Br2ClNO2/c1-14(16-2)10(15)7-4-8(12)6(5-11)3-9(7)13/h3-4H,5H2,1-2H3. The summed E-state index contributed by atoms with van der Waals surface area (Å²) < 4.78 is 0.835. The lowest BCUT2D eigenvalue weighted by molar-refractivity contribution is -0.0756. The summed E-state index contributed by atoms with van der Waals surface area (Å²) in [4.78, 5) is 16.7. The molecule has 0 heterocycles. The summed E-state index contributed by atoms with van der Waals surface area (Å²) >= 11 is 12.7. The fraction of sp³-hybridized carbons (Fsp3) is 0.300. The Kier molecular flexibility index (Phi) is 5.24. The molecule has 6 heteroatoms. The van der Waals surface area contributed by atoms with Gasteiger partial charge in [-0.3, -0.25) is 9.63 Å². The number of hydroxylamine groups is 2. The summed E-state index contributed by atoms with van der Waals surface area (Å²) in [6, 6.07) is 3.44. The van der Waals surface area contributed by atoms with E-state index in [1.807, 2.05) is 0 Å². The van der Waals surface area contributed by atoms with Gasteiger partial charge in [0.05, 0.1) is 17.7 Å². The van der Waals surface area contributed by atoms with E-state index >= 15 is 0 Å². The molecular formula is C10H10Br2ClNO2. The van der Waals surface area contributed by atoms with Crippen LogP contribution >= 0.6 is 43.5 Å². The van der Waals surface area contributed by atoms with Crippen LogP contribution in [0.25, 0.3) is 0 Å². The van der Waals surface area contributed by atoms with Gasteiger partial charge in [0.25, 0.3) is 5.91 Å². The predicted octanol–water partition coefficient (Wildman–Crippen LogP) is 3.63. The fourth-order valence-electron chi connectivity index (χ4n) is 1.11. The average Bonchev–Trinajstić information content (AvgIpc) is 2.29. The molecule has 3 nitrogen and oxygen atoms in total. The van der Waals surface area contributed by atoms with Crippen LogP contribution in [-0.4, -0.2) is 25.1 Å². The van der Waals surface area contributed by atoms with Crippen molar-refractivity contribution in [1.82, 2.24) is 5.06 Å². The first kappa shape index (κ1) is 14.0. The number of carbonyl (C=O) groups is 1. The molecule has 0 N–H and O–H groups in total. The van der Waals surface area contributed by atoms with Crippen LogP contribution in [0.2, 0.25) is 5.02 Å². The number of hydrogen-bond donors (Lipinski definition) is 0. The molecule has 0 spiro atoms. The maximum atomic E-state index is 11.8. The number of carbonyl (C=O) groups excluding carboxylic acids is 1. The fourth-order valence-corrected chi connectivity index (χ4v) is 2.70. The molecule has 1 aromatic carbocycles. The van der Waals surface area contributed by atoms with E-state index in [1.165, 1.54) is 14.2 Å². The van der Waals surface area contributed by atoms with Gasteiger partial charge in [0.1, 0.15) is 0 Å². The molecule has 0 saturated carbocycles. The van der Waals surface area contributed by atoms with E-state index in [0.717, 1.165) is 15.1 Å². The molecule has 0 aliphatic carbocycles. The van der Waals surface area contributed by atoms with E-state index in [2.05, 4.69) is 31.9 Å². The van der Waals surface area contributed by atoms with Crippen LogP contribution in [0.5, 0.6) is 0 Å². The molecule has 1 rings (SSSR count). The van der Waals surface area contributed by atoms with Crippen molar-refractivity contribution in [3.63, 3.8) is 0 Å². The predicted molar refractivity (Wildman–Crippen MR) is 70.9 cm³/mol. The largest absolute Gasteiger partial charge is 0.278 e. The van der Waals surface area contributed by atoms with E-state index in [9.17, 15) is 4.79 Å². The van der Waals surface area contributed by atoms with E-state index < -0.39 is 0 Å². The van der Waals surface area contributed by atoms with Crippen LogP contribution in [0.15, 0.2) is 16.6 Å². The van der Waals surface area contributed by atoms with Crippen molar-refractivity contribution in [2.24, 2.45) is 0 Å². The van der Waals surface area contributed by atoms with Gasteiger partial charge in [0.15, 0.2) is 0 Å². The number of amides is 1. The molecule has 0 unspecified atom stereocenters. The van der Waals surface area contributed by atoms with Crippen LogP contribution in [0.3, 0.4) is 0 Å². The van der Waals surface area contributed by atoms with Crippen molar-refractivity contribution in [2.75, 3.05) is 14.2 Å². The van der Waals surface area contributed by atoms with Crippen LogP contribution < -0.4 is 0 Å². The van der Waals surface area contributed by atoms with Gasteiger partial charge in [-0.05, 0) is 17.7 Å². The second-order valence-electron chi connectivity index (χ2n) is 3.04. The lowest BCUT2D eigenvalue weighted by Gasteiger charge is -2.15. The Labute approximate surface area is 116 Å². The highest BCUT2D eigenvalue weighted by Crippen LogP contribution is 2.28. The highest BCUT2D eigenvalue weighted by atomic mass is 79.9. The quantitative estimate of drug-likeness (QED) is 0.600. The average molecular weight is 371 g/mol. The Balaban J connectivity index is 3.16. The second kappa shape index (κ2) is 6.00. The number of benzene rings is 1. The second-order valence-corrected chi connectivity index (χ2v) is 4.86. The monoisotopic (exact) mass is 369 g/mol. The Morgan fingerprint density at radius 2 is 2.19 bits per heavy atom. The van der Waals surface area contributed by atoms with Gasteiger partial charge < -0.3 is 0 Å². The Bertz CT molecular complexity index is 412. The Morgan fingerprint density at radius 1 is 1.56 bits per heavy atom. The summed E-state index contributed by atoms with van der Waals surface area (Å²) in [6.45, 7) is 0. The minimum atomic E-state index is -0.283. The number of rotatable bonds is 3. The van der Waals surface area contributed by atoms with E-state index in [1.54, 1.807) is 12.1 Å². The molecular weight excluding hydrogens is 361 g/mol. The summed E-state index contributed by atoms with van der Waals surface area (Å²) in [6.07, 6.45) is 0. The molecule has 88 valence electrons. The van der Waals surface area contributed by atoms with E-state index in [4.69, 9.17) is 16.4 Å². The number of nitrogens with zero attached hydrogens (tertiary/aromatic N) is 1. The van der Waals surface area contributed by atoms with Gasteiger partial charge in [-0.1, -0.05) is 43.5 Å².